The predicted molar refractivity (Wildman–Crippen MR) is 115 cm³/mol. The molecule has 8 heteroatoms. The van der Waals surface area contributed by atoms with Crippen LogP contribution in [0, 0.1) is 17.8 Å². The number of hydrogen-bond acceptors (Lipinski definition) is 5. The largest absolute Gasteiger partial charge is 0.349 e. The van der Waals surface area contributed by atoms with Crippen LogP contribution < -0.4 is 10.6 Å². The first kappa shape index (κ1) is 20.6. The molecule has 0 aromatic carbocycles. The fraction of sp³-hybridized carbons (Fsp3) is 0.333. The summed E-state index contributed by atoms with van der Waals surface area (Å²) in [5.41, 5.74) is 2.00. The van der Waals surface area contributed by atoms with Gasteiger partial charge in [-0.25, -0.2) is 9.97 Å². The van der Waals surface area contributed by atoms with Gasteiger partial charge in [0.05, 0.1) is 33.8 Å². The molecule has 3 rings (SSSR count). The lowest BCUT2D eigenvalue weighted by atomic mass is 9.88. The lowest BCUT2D eigenvalue weighted by molar-refractivity contribution is 0.0910. The molecule has 0 bridgehead atoms. The van der Waals surface area contributed by atoms with Gasteiger partial charge in [0.2, 0.25) is 0 Å². The molecule has 0 aliphatic rings. The molecule has 150 valence electrons. The first-order valence-corrected chi connectivity index (χ1v) is 9.99. The molecule has 3 N–H and O–H groups in total. The number of amides is 2. The number of H-pyrrole nitrogens is 1. The summed E-state index contributed by atoms with van der Waals surface area (Å²) in [6, 6.07) is 3.50. The van der Waals surface area contributed by atoms with Crippen LogP contribution in [0.2, 0.25) is 0 Å². The molecule has 0 unspecified atom stereocenters. The van der Waals surface area contributed by atoms with E-state index in [1.54, 1.807) is 24.5 Å². The molecule has 0 spiro atoms. The van der Waals surface area contributed by atoms with Crippen molar-refractivity contribution in [2.24, 2.45) is 5.41 Å². The second-order valence-corrected chi connectivity index (χ2v) is 8.85. The normalized spacial score (nSPS) is 12.4. The molecule has 3 aromatic heterocycles. The minimum Gasteiger partial charge on any atom is -0.349 e. The van der Waals surface area contributed by atoms with Crippen LogP contribution in [0.25, 0.3) is 21.7 Å². The number of thiophene rings is 1. The summed E-state index contributed by atoms with van der Waals surface area (Å²) in [5, 5.41) is 5.65. The minimum atomic E-state index is -0.230. The van der Waals surface area contributed by atoms with Crippen molar-refractivity contribution in [1.29, 1.82) is 0 Å². The van der Waals surface area contributed by atoms with Crippen LogP contribution in [-0.2, 0) is 0 Å². The molecule has 0 aliphatic heterocycles. The smallest absolute Gasteiger partial charge is 0.262 e. The number of fused-ring (bicyclic) bond motifs is 1. The van der Waals surface area contributed by atoms with Crippen molar-refractivity contribution >= 4 is 34.3 Å². The van der Waals surface area contributed by atoms with Crippen LogP contribution in [0.4, 0.5) is 0 Å². The van der Waals surface area contributed by atoms with E-state index in [1.807, 2.05) is 6.92 Å². The van der Waals surface area contributed by atoms with E-state index in [-0.39, 0.29) is 29.8 Å². The van der Waals surface area contributed by atoms with Crippen LogP contribution in [0.15, 0.2) is 24.5 Å². The number of carbonyl (C=O) groups excluding carboxylic acids is 2. The van der Waals surface area contributed by atoms with Gasteiger partial charge < -0.3 is 15.6 Å². The van der Waals surface area contributed by atoms with Crippen molar-refractivity contribution in [3.05, 3.63) is 35.0 Å². The second kappa shape index (κ2) is 8.05. The zero-order valence-corrected chi connectivity index (χ0v) is 17.6. The number of nitrogens with one attached hydrogen (secondary N) is 3. The van der Waals surface area contributed by atoms with E-state index in [2.05, 4.69) is 52.3 Å². The third kappa shape index (κ3) is 4.46. The van der Waals surface area contributed by atoms with Gasteiger partial charge in [0.25, 0.3) is 11.8 Å². The second-order valence-electron chi connectivity index (χ2n) is 7.77. The summed E-state index contributed by atoms with van der Waals surface area (Å²) in [7, 11) is 0. The maximum absolute atomic E-state index is 12.8. The molecular formula is C21H23N5O2S. The van der Waals surface area contributed by atoms with E-state index in [0.717, 1.165) is 4.88 Å². The molecule has 7 nitrogen and oxygen atoms in total. The molecule has 29 heavy (non-hydrogen) atoms. The van der Waals surface area contributed by atoms with E-state index in [9.17, 15) is 9.59 Å². The van der Waals surface area contributed by atoms with Crippen molar-refractivity contribution < 1.29 is 9.59 Å². The number of nitrogens with zero attached hydrogens (tertiary/aromatic N) is 2. The van der Waals surface area contributed by atoms with Crippen LogP contribution in [0.5, 0.6) is 0 Å². The molecule has 1 atom stereocenters. The highest BCUT2D eigenvalue weighted by atomic mass is 32.1. The van der Waals surface area contributed by atoms with Gasteiger partial charge >= 0.3 is 0 Å². The quantitative estimate of drug-likeness (QED) is 0.563. The molecule has 0 saturated heterocycles. The fourth-order valence-electron chi connectivity index (χ4n) is 2.49. The number of aromatic amines is 1. The first-order valence-electron chi connectivity index (χ1n) is 9.17. The average Bonchev–Trinajstić information content (AvgIpc) is 3.31. The van der Waals surface area contributed by atoms with Gasteiger partial charge in [-0.3, -0.25) is 9.59 Å². The third-order valence-corrected chi connectivity index (χ3v) is 5.81. The Bertz CT molecular complexity index is 1100. The Labute approximate surface area is 173 Å². The van der Waals surface area contributed by atoms with Crippen molar-refractivity contribution in [1.82, 2.24) is 25.6 Å². The summed E-state index contributed by atoms with van der Waals surface area (Å²) in [5.74, 6) is 1.94. The Morgan fingerprint density at radius 3 is 2.76 bits per heavy atom. The first-order chi connectivity index (χ1) is 13.7. The van der Waals surface area contributed by atoms with Crippen molar-refractivity contribution in [2.45, 2.75) is 33.7 Å². The minimum absolute atomic E-state index is 0.0162. The highest BCUT2D eigenvalue weighted by Crippen LogP contribution is 2.28. The van der Waals surface area contributed by atoms with Gasteiger partial charge in [0, 0.05) is 12.2 Å². The Morgan fingerprint density at radius 1 is 1.31 bits per heavy atom. The van der Waals surface area contributed by atoms with E-state index in [4.69, 9.17) is 6.42 Å². The number of carbonyl (C=O) groups is 2. The highest BCUT2D eigenvalue weighted by molar-refractivity contribution is 7.17. The van der Waals surface area contributed by atoms with Gasteiger partial charge in [-0.15, -0.1) is 17.8 Å². The van der Waals surface area contributed by atoms with Gasteiger partial charge in [-0.2, -0.15) is 0 Å². The molecule has 0 fully saturated rings. The zero-order chi connectivity index (χ0) is 21.2. The molecule has 3 heterocycles. The topological polar surface area (TPSA) is 99.8 Å². The average molecular weight is 410 g/mol. The van der Waals surface area contributed by atoms with Crippen LogP contribution in [-0.4, -0.2) is 39.4 Å². The maximum atomic E-state index is 12.8. The summed E-state index contributed by atoms with van der Waals surface area (Å²) < 4.78 is 0. The third-order valence-electron chi connectivity index (χ3n) is 4.71. The summed E-state index contributed by atoms with van der Waals surface area (Å²) in [6.07, 6.45) is 8.41. The van der Waals surface area contributed by atoms with Gasteiger partial charge in [0.1, 0.15) is 5.52 Å². The molecule has 0 saturated carbocycles. The number of aromatic nitrogens is 3. The standard InChI is InChI=1S/C21H23N5O2S/c1-6-9-22-20(28)16-8-7-15(29-16)14-11-24-18-17(26-14)13(10-23-18)19(27)25-12(2)21(3,4)5/h1,7-8,10-12H,9H2,2-5H3,(H,22,28)(H,23,24)(H,25,27)/t12-/m0/s1. The SMILES string of the molecule is C#CCNC(=O)c1ccc(-c2cnc3[nH]cc(C(=O)N[C@@H](C)C(C)(C)C)c3n2)s1. The summed E-state index contributed by atoms with van der Waals surface area (Å²) >= 11 is 1.29. The summed E-state index contributed by atoms with van der Waals surface area (Å²) in [4.78, 5) is 38.1. The van der Waals surface area contributed by atoms with Crippen LogP contribution >= 0.6 is 11.3 Å². The highest BCUT2D eigenvalue weighted by Gasteiger charge is 2.24. The predicted octanol–water partition coefficient (Wildman–Crippen LogP) is 3.21. The molecular weight excluding hydrogens is 386 g/mol. The van der Waals surface area contributed by atoms with E-state index >= 15 is 0 Å². The van der Waals surface area contributed by atoms with E-state index < -0.39 is 0 Å². The van der Waals surface area contributed by atoms with Crippen molar-refractivity contribution in [3.63, 3.8) is 0 Å². The molecule has 0 radical (unpaired) electrons. The van der Waals surface area contributed by atoms with E-state index in [1.165, 1.54) is 11.3 Å². The van der Waals surface area contributed by atoms with Gasteiger partial charge in [-0.05, 0) is 24.5 Å². The lowest BCUT2D eigenvalue weighted by Crippen LogP contribution is -2.41. The number of terminal acetylenes is 1. The zero-order valence-electron chi connectivity index (χ0n) is 16.8. The van der Waals surface area contributed by atoms with E-state index in [0.29, 0.717) is 27.3 Å². The maximum Gasteiger partial charge on any atom is 0.262 e. The monoisotopic (exact) mass is 409 g/mol. The molecule has 0 aliphatic carbocycles. The van der Waals surface area contributed by atoms with Crippen LogP contribution in [0.3, 0.4) is 0 Å². The summed E-state index contributed by atoms with van der Waals surface area (Å²) in [6.45, 7) is 8.35. The fourth-order valence-corrected chi connectivity index (χ4v) is 3.37. The van der Waals surface area contributed by atoms with Crippen molar-refractivity contribution in [3.8, 4) is 22.9 Å². The number of hydrogen-bond donors (Lipinski definition) is 3. The van der Waals surface area contributed by atoms with Crippen molar-refractivity contribution in [2.75, 3.05) is 6.54 Å². The Kier molecular flexibility index (Phi) is 5.71. The molecule has 3 aromatic rings. The Morgan fingerprint density at radius 2 is 2.07 bits per heavy atom. The number of rotatable bonds is 5. The Balaban J connectivity index is 1.88. The van der Waals surface area contributed by atoms with Gasteiger partial charge in [-0.1, -0.05) is 26.7 Å². The lowest BCUT2D eigenvalue weighted by Gasteiger charge is -2.27. The van der Waals surface area contributed by atoms with Crippen LogP contribution in [0.1, 0.15) is 47.7 Å². The molecule has 2 amide bonds. The van der Waals surface area contributed by atoms with Gasteiger partial charge in [0.15, 0.2) is 5.65 Å². The Hall–Kier alpha value is -3.18.